The fourth-order valence-corrected chi connectivity index (χ4v) is 3.75. The van der Waals surface area contributed by atoms with Crippen molar-refractivity contribution in [3.8, 4) is 17.2 Å². The van der Waals surface area contributed by atoms with Gasteiger partial charge in [0.25, 0.3) is 11.8 Å². The van der Waals surface area contributed by atoms with Crippen LogP contribution < -0.4 is 24.4 Å². The van der Waals surface area contributed by atoms with Crippen LogP contribution in [0.5, 0.6) is 17.2 Å². The summed E-state index contributed by atoms with van der Waals surface area (Å²) in [6, 6.07) is 14.2. The molecule has 2 amide bonds. The zero-order chi connectivity index (χ0) is 23.1. The number of methoxy groups -OCH3 is 1. The van der Waals surface area contributed by atoms with Crippen LogP contribution in [0.1, 0.15) is 5.56 Å². The lowest BCUT2D eigenvalue weighted by Crippen LogP contribution is -2.33. The van der Waals surface area contributed by atoms with E-state index < -0.39 is 23.4 Å². The quantitative estimate of drug-likeness (QED) is 0.590. The summed E-state index contributed by atoms with van der Waals surface area (Å²) in [6.07, 6.45) is 0. The number of rotatable bonds is 5. The van der Waals surface area contributed by atoms with Crippen molar-refractivity contribution >= 4 is 28.8 Å². The molecule has 2 aliphatic rings. The number of ether oxygens (including phenoxy) is 3. The van der Waals surface area contributed by atoms with E-state index in [-0.39, 0.29) is 23.8 Å². The summed E-state index contributed by atoms with van der Waals surface area (Å²) in [5.74, 6) is -2.09. The average Bonchev–Trinajstić information content (AvgIpc) is 3.36. The van der Waals surface area contributed by atoms with Gasteiger partial charge in [-0.1, -0.05) is 18.2 Å². The molecule has 0 atom stereocenters. The number of amides is 2. The van der Waals surface area contributed by atoms with E-state index in [0.717, 1.165) is 12.1 Å². The summed E-state index contributed by atoms with van der Waals surface area (Å²) in [5.41, 5.74) is 0.322. The Kier molecular flexibility index (Phi) is 4.93. The molecule has 0 fully saturated rings. The minimum atomic E-state index is -1.04. The van der Waals surface area contributed by atoms with Crippen LogP contribution >= 0.6 is 0 Å². The summed E-state index contributed by atoms with van der Waals surface area (Å²) in [6.45, 7) is 0.0724. The Hall–Kier alpha value is -4.40. The van der Waals surface area contributed by atoms with Gasteiger partial charge in [-0.2, -0.15) is 0 Å². The normalized spacial score (nSPS) is 14.8. The van der Waals surface area contributed by atoms with Crippen molar-refractivity contribution in [3.63, 3.8) is 0 Å². The molecule has 0 aromatic heterocycles. The standard InChI is InChI=1S/C24H16F2N2O5/c1-31-18-5-3-2-4-15(18)21-22(27-14-7-9-19-20(11-14)33-12-32-19)24(30)28(23(21)29)17-8-6-13(25)10-16(17)26/h2-11,27H,12H2,1H3. The number of anilines is 2. The summed E-state index contributed by atoms with van der Waals surface area (Å²) in [7, 11) is 1.43. The van der Waals surface area contributed by atoms with Crippen LogP contribution in [0.15, 0.2) is 66.4 Å². The number of benzene rings is 3. The molecule has 0 saturated heterocycles. The highest BCUT2D eigenvalue weighted by molar-refractivity contribution is 6.46. The van der Waals surface area contributed by atoms with Crippen LogP contribution in [0.4, 0.5) is 20.2 Å². The number of halogens is 2. The zero-order valence-corrected chi connectivity index (χ0v) is 17.2. The Morgan fingerprint density at radius 1 is 0.939 bits per heavy atom. The van der Waals surface area contributed by atoms with Crippen molar-refractivity contribution < 1.29 is 32.6 Å². The first kappa shape index (κ1) is 20.5. The lowest BCUT2D eigenvalue weighted by molar-refractivity contribution is -0.120. The predicted molar refractivity (Wildman–Crippen MR) is 115 cm³/mol. The maximum atomic E-state index is 14.5. The lowest BCUT2D eigenvalue weighted by atomic mass is 10.0. The first-order chi connectivity index (χ1) is 16.0. The third-order valence-corrected chi connectivity index (χ3v) is 5.25. The van der Waals surface area contributed by atoms with Crippen molar-refractivity contribution in [2.45, 2.75) is 0 Å². The van der Waals surface area contributed by atoms with E-state index in [1.165, 1.54) is 7.11 Å². The number of para-hydroxylation sites is 1. The molecule has 0 radical (unpaired) electrons. The number of nitrogens with one attached hydrogen (secondary N) is 1. The van der Waals surface area contributed by atoms with Gasteiger partial charge in [-0.3, -0.25) is 9.59 Å². The lowest BCUT2D eigenvalue weighted by Gasteiger charge is -2.16. The van der Waals surface area contributed by atoms with Crippen molar-refractivity contribution in [2.24, 2.45) is 0 Å². The number of hydrogen-bond donors (Lipinski definition) is 1. The molecular weight excluding hydrogens is 434 g/mol. The number of hydrogen-bond acceptors (Lipinski definition) is 6. The molecule has 5 rings (SSSR count). The third-order valence-electron chi connectivity index (χ3n) is 5.25. The highest BCUT2D eigenvalue weighted by atomic mass is 19.1. The molecule has 1 N–H and O–H groups in total. The molecule has 3 aromatic rings. The Labute approximate surface area is 186 Å². The van der Waals surface area contributed by atoms with E-state index in [4.69, 9.17) is 14.2 Å². The maximum absolute atomic E-state index is 14.5. The molecule has 3 aromatic carbocycles. The van der Waals surface area contributed by atoms with Gasteiger partial charge in [0.05, 0.1) is 18.4 Å². The van der Waals surface area contributed by atoms with Crippen LogP contribution in [0.25, 0.3) is 5.57 Å². The first-order valence-electron chi connectivity index (χ1n) is 9.86. The Bertz CT molecular complexity index is 1340. The van der Waals surface area contributed by atoms with Crippen LogP contribution in [0.2, 0.25) is 0 Å². The predicted octanol–water partition coefficient (Wildman–Crippen LogP) is 4.10. The van der Waals surface area contributed by atoms with Crippen molar-refractivity contribution in [1.29, 1.82) is 0 Å². The van der Waals surface area contributed by atoms with Crippen molar-refractivity contribution in [2.75, 3.05) is 24.1 Å². The van der Waals surface area contributed by atoms with Crippen molar-refractivity contribution in [1.82, 2.24) is 0 Å². The molecule has 2 heterocycles. The zero-order valence-electron chi connectivity index (χ0n) is 17.2. The molecule has 0 bridgehead atoms. The van der Waals surface area contributed by atoms with E-state index in [0.29, 0.717) is 39.5 Å². The molecule has 0 unspecified atom stereocenters. The van der Waals surface area contributed by atoms with E-state index >= 15 is 0 Å². The fraction of sp³-hybridized carbons (Fsp3) is 0.0833. The summed E-state index contributed by atoms with van der Waals surface area (Å²) in [4.78, 5) is 27.5. The summed E-state index contributed by atoms with van der Waals surface area (Å²) >= 11 is 0. The van der Waals surface area contributed by atoms with Gasteiger partial charge in [-0.15, -0.1) is 0 Å². The topological polar surface area (TPSA) is 77.1 Å². The smallest absolute Gasteiger partial charge is 0.282 e. The minimum Gasteiger partial charge on any atom is -0.496 e. The number of fused-ring (bicyclic) bond motifs is 1. The van der Waals surface area contributed by atoms with Crippen LogP contribution in [0.3, 0.4) is 0 Å². The fourth-order valence-electron chi connectivity index (χ4n) is 3.75. The second-order valence-electron chi connectivity index (χ2n) is 7.18. The average molecular weight is 450 g/mol. The van der Waals surface area contributed by atoms with Crippen LogP contribution in [0, 0.1) is 11.6 Å². The Balaban J connectivity index is 1.64. The number of carbonyl (C=O) groups excluding carboxylic acids is 2. The molecule has 0 saturated carbocycles. The monoisotopic (exact) mass is 450 g/mol. The molecule has 0 spiro atoms. The maximum Gasteiger partial charge on any atom is 0.282 e. The van der Waals surface area contributed by atoms with E-state index in [1.807, 2.05) is 0 Å². The minimum absolute atomic E-state index is 0.0150. The van der Waals surface area contributed by atoms with E-state index in [9.17, 15) is 18.4 Å². The summed E-state index contributed by atoms with van der Waals surface area (Å²) in [5, 5.41) is 2.96. The van der Waals surface area contributed by atoms with Gasteiger partial charge in [0.2, 0.25) is 6.79 Å². The van der Waals surface area contributed by atoms with Gasteiger partial charge >= 0.3 is 0 Å². The Morgan fingerprint density at radius 2 is 1.73 bits per heavy atom. The molecular formula is C24H16F2N2O5. The third kappa shape index (κ3) is 3.43. The second-order valence-corrected chi connectivity index (χ2v) is 7.18. The van der Waals surface area contributed by atoms with Gasteiger partial charge in [0, 0.05) is 23.4 Å². The molecule has 0 aliphatic carbocycles. The largest absolute Gasteiger partial charge is 0.496 e. The van der Waals surface area contributed by atoms with Gasteiger partial charge in [-0.05, 0) is 30.3 Å². The van der Waals surface area contributed by atoms with Gasteiger partial charge in [0.1, 0.15) is 23.1 Å². The van der Waals surface area contributed by atoms with Gasteiger partial charge in [-0.25, -0.2) is 13.7 Å². The number of carbonyl (C=O) groups is 2. The van der Waals surface area contributed by atoms with E-state index in [1.54, 1.807) is 42.5 Å². The molecule has 33 heavy (non-hydrogen) atoms. The van der Waals surface area contributed by atoms with Gasteiger partial charge < -0.3 is 19.5 Å². The molecule has 166 valence electrons. The van der Waals surface area contributed by atoms with Crippen LogP contribution in [-0.4, -0.2) is 25.7 Å². The highest BCUT2D eigenvalue weighted by Crippen LogP contribution is 2.40. The van der Waals surface area contributed by atoms with Crippen molar-refractivity contribution in [3.05, 3.63) is 83.6 Å². The molecule has 2 aliphatic heterocycles. The second kappa shape index (κ2) is 7.94. The molecule has 7 nitrogen and oxygen atoms in total. The Morgan fingerprint density at radius 3 is 2.52 bits per heavy atom. The first-order valence-corrected chi connectivity index (χ1v) is 9.86. The van der Waals surface area contributed by atoms with Gasteiger partial charge in [0.15, 0.2) is 11.5 Å². The summed E-state index contributed by atoms with van der Waals surface area (Å²) < 4.78 is 44.0. The number of imide groups is 1. The molecule has 9 heteroatoms. The number of nitrogens with zero attached hydrogens (tertiary/aromatic N) is 1. The van der Waals surface area contributed by atoms with Crippen LogP contribution in [-0.2, 0) is 9.59 Å². The highest BCUT2D eigenvalue weighted by Gasteiger charge is 2.42. The van der Waals surface area contributed by atoms with E-state index in [2.05, 4.69) is 5.32 Å². The SMILES string of the molecule is COc1ccccc1C1=C(Nc2ccc3c(c2)OCO3)C(=O)N(c2ccc(F)cc2F)C1=O.